The molecule has 4 heteroatoms. The van der Waals surface area contributed by atoms with Crippen molar-refractivity contribution in [1.82, 2.24) is 0 Å². The second kappa shape index (κ2) is 7.05. The highest BCUT2D eigenvalue weighted by atomic mass is 16.4. The van der Waals surface area contributed by atoms with Gasteiger partial charge in [0.1, 0.15) is 0 Å². The normalized spacial score (nSPS) is 14.7. The molecule has 0 fully saturated rings. The Morgan fingerprint density at radius 2 is 1.62 bits per heavy atom. The summed E-state index contributed by atoms with van der Waals surface area (Å²) in [5, 5.41) is 27.9. The third-order valence-electron chi connectivity index (χ3n) is 4.20. The first-order chi connectivity index (χ1) is 9.75. The molecule has 1 aromatic rings. The summed E-state index contributed by atoms with van der Waals surface area (Å²) in [6.07, 6.45) is 2.03. The van der Waals surface area contributed by atoms with Crippen LogP contribution < -0.4 is 0 Å². The van der Waals surface area contributed by atoms with Crippen LogP contribution in [0.2, 0.25) is 0 Å². The van der Waals surface area contributed by atoms with E-state index >= 15 is 0 Å². The topological polar surface area (TPSA) is 77.8 Å². The fraction of sp³-hybridized carbons (Fsp3) is 0.588. The molecule has 4 nitrogen and oxygen atoms in total. The molecule has 0 aliphatic heterocycles. The maximum atomic E-state index is 11.7. The van der Waals surface area contributed by atoms with E-state index in [-0.39, 0.29) is 18.6 Å². The Kier molecular flexibility index (Phi) is 5.93. The van der Waals surface area contributed by atoms with Gasteiger partial charge >= 0.3 is 5.97 Å². The van der Waals surface area contributed by atoms with Crippen molar-refractivity contribution in [3.05, 3.63) is 35.4 Å². The number of hydrogen-bond donors (Lipinski definition) is 3. The highest BCUT2D eigenvalue weighted by Gasteiger charge is 2.35. The first-order valence-electron chi connectivity index (χ1n) is 7.30. The van der Waals surface area contributed by atoms with Crippen LogP contribution in [0, 0.1) is 5.41 Å². The van der Waals surface area contributed by atoms with Gasteiger partial charge in [0.25, 0.3) is 0 Å². The van der Waals surface area contributed by atoms with Crippen molar-refractivity contribution in [3.8, 4) is 0 Å². The fourth-order valence-electron chi connectivity index (χ4n) is 2.35. The number of rotatable bonds is 8. The van der Waals surface area contributed by atoms with Gasteiger partial charge in [-0.25, -0.2) is 0 Å². The van der Waals surface area contributed by atoms with Crippen LogP contribution in [0.3, 0.4) is 0 Å². The molecule has 3 N–H and O–H groups in total. The first kappa shape index (κ1) is 17.7. The Morgan fingerprint density at radius 3 is 2.05 bits per heavy atom. The zero-order valence-corrected chi connectivity index (χ0v) is 13.1. The molecule has 0 aliphatic rings. The highest BCUT2D eigenvalue weighted by Crippen LogP contribution is 2.33. The third-order valence-corrected chi connectivity index (χ3v) is 4.20. The van der Waals surface area contributed by atoms with Gasteiger partial charge in [0.05, 0.1) is 12.0 Å². The molecule has 0 aliphatic carbocycles. The number of hydrogen-bond acceptors (Lipinski definition) is 3. The SMILES string of the molecule is CC(C)(CO)CCCC(C)(C(=O)O)c1ccc(CO)cc1. The van der Waals surface area contributed by atoms with Crippen molar-refractivity contribution in [2.75, 3.05) is 6.61 Å². The molecule has 1 rings (SSSR count). The fourth-order valence-corrected chi connectivity index (χ4v) is 2.35. The predicted molar refractivity (Wildman–Crippen MR) is 82.1 cm³/mol. The molecular formula is C17H26O4. The summed E-state index contributed by atoms with van der Waals surface area (Å²) in [5.41, 5.74) is 0.390. The van der Waals surface area contributed by atoms with Gasteiger partial charge in [-0.05, 0) is 36.3 Å². The second-order valence-corrected chi connectivity index (χ2v) is 6.67. The van der Waals surface area contributed by atoms with Crippen LogP contribution in [0.25, 0.3) is 0 Å². The van der Waals surface area contributed by atoms with E-state index in [9.17, 15) is 15.0 Å². The van der Waals surface area contributed by atoms with Crippen LogP contribution in [0.15, 0.2) is 24.3 Å². The molecule has 0 radical (unpaired) electrons. The standard InChI is InChI=1S/C17H26O4/c1-16(2,12-19)9-4-10-17(3,15(20)21)14-7-5-13(11-18)6-8-14/h5-8,18-19H,4,9-12H2,1-3H3,(H,20,21). The minimum atomic E-state index is -0.945. The molecule has 118 valence electrons. The molecule has 1 unspecified atom stereocenters. The lowest BCUT2D eigenvalue weighted by Gasteiger charge is -2.28. The van der Waals surface area contributed by atoms with E-state index in [1.807, 2.05) is 13.8 Å². The van der Waals surface area contributed by atoms with Crippen molar-refractivity contribution < 1.29 is 20.1 Å². The van der Waals surface area contributed by atoms with Crippen LogP contribution >= 0.6 is 0 Å². The van der Waals surface area contributed by atoms with E-state index < -0.39 is 11.4 Å². The van der Waals surface area contributed by atoms with Gasteiger partial charge in [-0.15, -0.1) is 0 Å². The summed E-state index contributed by atoms with van der Waals surface area (Å²) in [6, 6.07) is 7.07. The number of benzene rings is 1. The van der Waals surface area contributed by atoms with E-state index in [1.54, 1.807) is 31.2 Å². The maximum absolute atomic E-state index is 11.7. The third kappa shape index (κ3) is 4.55. The first-order valence-corrected chi connectivity index (χ1v) is 7.30. The summed E-state index contributed by atoms with van der Waals surface area (Å²) in [6.45, 7) is 5.73. The monoisotopic (exact) mass is 294 g/mol. The van der Waals surface area contributed by atoms with Gasteiger partial charge < -0.3 is 15.3 Å². The van der Waals surface area contributed by atoms with Gasteiger partial charge in [-0.2, -0.15) is 0 Å². The summed E-state index contributed by atoms with van der Waals surface area (Å²) in [5.74, 6) is -0.846. The van der Waals surface area contributed by atoms with Gasteiger partial charge in [-0.3, -0.25) is 4.79 Å². The van der Waals surface area contributed by atoms with Crippen molar-refractivity contribution in [1.29, 1.82) is 0 Å². The zero-order valence-electron chi connectivity index (χ0n) is 13.1. The number of aliphatic hydroxyl groups excluding tert-OH is 2. The van der Waals surface area contributed by atoms with Crippen molar-refractivity contribution in [2.24, 2.45) is 5.41 Å². The van der Waals surface area contributed by atoms with Crippen molar-refractivity contribution in [2.45, 2.75) is 52.1 Å². The number of carbonyl (C=O) groups is 1. The molecule has 0 amide bonds. The second-order valence-electron chi connectivity index (χ2n) is 6.67. The smallest absolute Gasteiger partial charge is 0.313 e. The Labute approximate surface area is 126 Å². The quantitative estimate of drug-likeness (QED) is 0.689. The van der Waals surface area contributed by atoms with Crippen LogP contribution in [-0.4, -0.2) is 27.9 Å². The zero-order chi connectivity index (χ0) is 16.1. The van der Waals surface area contributed by atoms with Gasteiger partial charge in [0.15, 0.2) is 0 Å². The Hall–Kier alpha value is -1.39. The maximum Gasteiger partial charge on any atom is 0.313 e. The van der Waals surface area contributed by atoms with E-state index in [0.717, 1.165) is 24.0 Å². The summed E-state index contributed by atoms with van der Waals surface area (Å²) < 4.78 is 0. The van der Waals surface area contributed by atoms with E-state index in [1.165, 1.54) is 0 Å². The lowest BCUT2D eigenvalue weighted by Crippen LogP contribution is -2.33. The average Bonchev–Trinajstić information content (AvgIpc) is 2.46. The van der Waals surface area contributed by atoms with Gasteiger partial charge in [0.2, 0.25) is 0 Å². The summed E-state index contributed by atoms with van der Waals surface area (Å²) in [4.78, 5) is 11.7. The lowest BCUT2D eigenvalue weighted by molar-refractivity contribution is -0.143. The minimum absolute atomic E-state index is 0.0469. The van der Waals surface area contributed by atoms with E-state index in [2.05, 4.69) is 0 Å². The molecule has 0 spiro atoms. The van der Waals surface area contributed by atoms with E-state index in [4.69, 9.17) is 5.11 Å². The molecular weight excluding hydrogens is 268 g/mol. The molecule has 1 atom stereocenters. The van der Waals surface area contributed by atoms with Crippen LogP contribution in [0.4, 0.5) is 0 Å². The predicted octanol–water partition coefficient (Wildman–Crippen LogP) is 2.71. The number of aliphatic carboxylic acids is 1. The molecule has 0 saturated heterocycles. The molecule has 1 aromatic carbocycles. The molecule has 0 saturated carbocycles. The largest absolute Gasteiger partial charge is 0.481 e. The Morgan fingerprint density at radius 1 is 1.05 bits per heavy atom. The molecule has 21 heavy (non-hydrogen) atoms. The van der Waals surface area contributed by atoms with E-state index in [0.29, 0.717) is 6.42 Å². The molecule has 0 aromatic heterocycles. The molecule has 0 heterocycles. The molecule has 0 bridgehead atoms. The Bertz CT molecular complexity index is 464. The van der Waals surface area contributed by atoms with Gasteiger partial charge in [-0.1, -0.05) is 44.5 Å². The summed E-state index contributed by atoms with van der Waals surface area (Å²) in [7, 11) is 0. The van der Waals surface area contributed by atoms with Gasteiger partial charge in [0, 0.05) is 6.61 Å². The summed E-state index contributed by atoms with van der Waals surface area (Å²) >= 11 is 0. The van der Waals surface area contributed by atoms with Crippen LogP contribution in [0.5, 0.6) is 0 Å². The van der Waals surface area contributed by atoms with Crippen LogP contribution in [0.1, 0.15) is 51.2 Å². The lowest BCUT2D eigenvalue weighted by atomic mass is 9.76. The highest BCUT2D eigenvalue weighted by molar-refractivity contribution is 5.80. The number of carboxylic acids is 1. The Balaban J connectivity index is 2.85. The minimum Gasteiger partial charge on any atom is -0.481 e. The number of carboxylic acid groups (broad SMARTS) is 1. The van der Waals surface area contributed by atoms with Crippen LogP contribution in [-0.2, 0) is 16.8 Å². The van der Waals surface area contributed by atoms with Crippen molar-refractivity contribution >= 4 is 5.97 Å². The average molecular weight is 294 g/mol. The number of aliphatic hydroxyl groups is 2. The van der Waals surface area contributed by atoms with Crippen molar-refractivity contribution in [3.63, 3.8) is 0 Å².